The summed E-state index contributed by atoms with van der Waals surface area (Å²) in [7, 11) is 0. The minimum Gasteiger partial charge on any atom is -0.377 e. The van der Waals surface area contributed by atoms with Crippen molar-refractivity contribution < 1.29 is 23.9 Å². The molecule has 0 radical (unpaired) electrons. The first-order valence-corrected chi connectivity index (χ1v) is 15.0. The number of benzene rings is 1. The molecule has 0 saturated carbocycles. The number of carbonyl (C=O) groups is 3. The lowest BCUT2D eigenvalue weighted by Gasteiger charge is -2.42. The Morgan fingerprint density at radius 3 is 2.50 bits per heavy atom. The van der Waals surface area contributed by atoms with Gasteiger partial charge in [-0.1, -0.05) is 41.6 Å². The van der Waals surface area contributed by atoms with Gasteiger partial charge in [0.15, 0.2) is 0 Å². The van der Waals surface area contributed by atoms with Crippen molar-refractivity contribution >= 4 is 17.7 Å². The molecule has 44 heavy (non-hydrogen) atoms. The highest BCUT2D eigenvalue weighted by Gasteiger charge is 2.39. The number of aromatic nitrogens is 4. The molecule has 5 rings (SSSR count). The SMILES string of the molecule is O=C1CC2(CCN(Cc3ccccc3)CC2)NC(=O)COCCOCCNC(=O)C(Cc2cn(Cc3cccnc3)nn2)N1. The Morgan fingerprint density at radius 2 is 1.70 bits per heavy atom. The topological polar surface area (TPSA) is 153 Å². The van der Waals surface area contributed by atoms with E-state index in [2.05, 4.69) is 48.3 Å². The molecule has 234 valence electrons. The number of nitrogens with zero attached hydrogens (tertiary/aromatic N) is 5. The van der Waals surface area contributed by atoms with Gasteiger partial charge in [0, 0.05) is 57.6 Å². The van der Waals surface area contributed by atoms with Crippen molar-refractivity contribution in [2.24, 2.45) is 0 Å². The lowest BCUT2D eigenvalue weighted by Crippen LogP contribution is -2.59. The molecule has 0 bridgehead atoms. The summed E-state index contributed by atoms with van der Waals surface area (Å²) in [6.45, 7) is 3.65. The van der Waals surface area contributed by atoms with Gasteiger partial charge >= 0.3 is 0 Å². The van der Waals surface area contributed by atoms with Crippen molar-refractivity contribution in [2.75, 3.05) is 46.1 Å². The van der Waals surface area contributed by atoms with Crippen molar-refractivity contribution in [2.45, 2.75) is 50.4 Å². The summed E-state index contributed by atoms with van der Waals surface area (Å²) in [5.41, 5.74) is 1.98. The van der Waals surface area contributed by atoms with Crippen LogP contribution in [0.5, 0.6) is 0 Å². The van der Waals surface area contributed by atoms with Crippen LogP contribution in [-0.2, 0) is 43.4 Å². The van der Waals surface area contributed by atoms with Gasteiger partial charge in [0.2, 0.25) is 17.7 Å². The first-order chi connectivity index (χ1) is 21.5. The van der Waals surface area contributed by atoms with Crippen LogP contribution in [0.3, 0.4) is 0 Å². The van der Waals surface area contributed by atoms with Gasteiger partial charge in [-0.3, -0.25) is 24.3 Å². The number of likely N-dealkylation sites (tertiary alicyclic amines) is 1. The van der Waals surface area contributed by atoms with Crippen LogP contribution >= 0.6 is 0 Å². The maximum atomic E-state index is 13.6. The highest BCUT2D eigenvalue weighted by atomic mass is 16.5. The Bertz CT molecular complexity index is 1360. The first kappa shape index (κ1) is 31.2. The third-order valence-electron chi connectivity index (χ3n) is 7.83. The molecule has 1 atom stereocenters. The molecular formula is C31H40N8O5. The molecule has 2 aromatic heterocycles. The fraction of sp³-hybridized carbons (Fsp3) is 0.484. The van der Waals surface area contributed by atoms with Crippen molar-refractivity contribution in [1.82, 2.24) is 40.8 Å². The highest BCUT2D eigenvalue weighted by molar-refractivity contribution is 5.88. The Hall–Kier alpha value is -4.20. The van der Waals surface area contributed by atoms with E-state index in [1.807, 2.05) is 30.3 Å². The zero-order valence-corrected chi connectivity index (χ0v) is 24.8. The highest BCUT2D eigenvalue weighted by Crippen LogP contribution is 2.27. The Labute approximate surface area is 256 Å². The van der Waals surface area contributed by atoms with E-state index < -0.39 is 11.6 Å². The number of piperidine rings is 1. The zero-order valence-electron chi connectivity index (χ0n) is 24.8. The number of pyridine rings is 1. The summed E-state index contributed by atoms with van der Waals surface area (Å²) >= 11 is 0. The van der Waals surface area contributed by atoms with E-state index in [1.165, 1.54) is 5.56 Å². The van der Waals surface area contributed by atoms with E-state index in [0.717, 1.165) is 12.1 Å². The van der Waals surface area contributed by atoms with E-state index in [1.54, 1.807) is 23.3 Å². The number of ether oxygens (including phenoxy) is 2. The summed E-state index contributed by atoms with van der Waals surface area (Å²) in [6, 6.07) is 13.1. The second kappa shape index (κ2) is 15.5. The van der Waals surface area contributed by atoms with Crippen LogP contribution in [0, 0.1) is 0 Å². The van der Waals surface area contributed by atoms with Gasteiger partial charge in [-0.05, 0) is 30.0 Å². The standard InChI is InChI=1S/C31H40N8O5/c40-28-18-31(8-12-38(13-9-31)20-24-5-2-1-3-6-24)35-29(41)23-44-16-15-43-14-11-33-30(42)27(34-28)17-26-22-39(37-36-26)21-25-7-4-10-32-19-25/h1-7,10,19,22,27H,8-9,11-18,20-21,23H2,(H,33,42)(H,34,40)(H,35,41). The van der Waals surface area contributed by atoms with Crippen LogP contribution in [-0.4, -0.2) is 100 Å². The number of amides is 3. The van der Waals surface area contributed by atoms with Crippen molar-refractivity contribution in [3.63, 3.8) is 0 Å². The molecule has 3 amide bonds. The first-order valence-electron chi connectivity index (χ1n) is 15.0. The fourth-order valence-electron chi connectivity index (χ4n) is 5.57. The minimum atomic E-state index is -0.881. The average molecular weight is 605 g/mol. The summed E-state index contributed by atoms with van der Waals surface area (Å²) < 4.78 is 12.7. The number of hydrogen-bond acceptors (Lipinski definition) is 9. The van der Waals surface area contributed by atoms with Crippen molar-refractivity contribution in [3.05, 3.63) is 77.9 Å². The van der Waals surface area contributed by atoms with E-state index in [0.29, 0.717) is 44.8 Å². The van der Waals surface area contributed by atoms with Crippen LogP contribution in [0.25, 0.3) is 0 Å². The third-order valence-corrected chi connectivity index (χ3v) is 7.83. The largest absolute Gasteiger partial charge is 0.377 e. The summed E-state index contributed by atoms with van der Waals surface area (Å²) in [6.07, 6.45) is 6.59. The van der Waals surface area contributed by atoms with Gasteiger partial charge in [0.05, 0.1) is 37.6 Å². The second-order valence-corrected chi connectivity index (χ2v) is 11.3. The number of carbonyl (C=O) groups excluding carboxylic acids is 3. The van der Waals surface area contributed by atoms with Gasteiger partial charge in [-0.15, -0.1) is 5.10 Å². The predicted molar refractivity (Wildman–Crippen MR) is 160 cm³/mol. The number of rotatable bonds is 6. The average Bonchev–Trinajstić information content (AvgIpc) is 3.46. The van der Waals surface area contributed by atoms with Gasteiger partial charge in [0.25, 0.3) is 0 Å². The lowest BCUT2D eigenvalue weighted by atomic mass is 9.83. The monoisotopic (exact) mass is 604 g/mol. The molecule has 1 aromatic carbocycles. The Balaban J connectivity index is 1.27. The normalized spacial score (nSPS) is 20.9. The summed E-state index contributed by atoms with van der Waals surface area (Å²) in [5.74, 6) is -0.947. The van der Waals surface area contributed by atoms with Crippen LogP contribution in [0.4, 0.5) is 0 Å². The van der Waals surface area contributed by atoms with Crippen LogP contribution in [0.15, 0.2) is 61.1 Å². The smallest absolute Gasteiger partial charge is 0.246 e. The van der Waals surface area contributed by atoms with Gasteiger partial charge in [0.1, 0.15) is 12.6 Å². The van der Waals surface area contributed by atoms with Crippen molar-refractivity contribution in [1.29, 1.82) is 0 Å². The fourth-order valence-corrected chi connectivity index (χ4v) is 5.57. The molecule has 13 nitrogen and oxygen atoms in total. The molecule has 13 heteroatoms. The van der Waals surface area contributed by atoms with E-state index in [-0.39, 0.29) is 56.9 Å². The molecule has 2 aliphatic rings. The maximum absolute atomic E-state index is 13.6. The molecule has 1 unspecified atom stereocenters. The predicted octanol–water partition coefficient (Wildman–Crippen LogP) is 0.453. The van der Waals surface area contributed by atoms with Crippen molar-refractivity contribution in [3.8, 4) is 0 Å². The quantitative estimate of drug-likeness (QED) is 0.364. The van der Waals surface area contributed by atoms with E-state index >= 15 is 0 Å². The van der Waals surface area contributed by atoms with E-state index in [9.17, 15) is 14.4 Å². The second-order valence-electron chi connectivity index (χ2n) is 11.3. The number of hydrogen-bond donors (Lipinski definition) is 3. The van der Waals surface area contributed by atoms with Crippen LogP contribution in [0.2, 0.25) is 0 Å². The third kappa shape index (κ3) is 9.40. The summed E-state index contributed by atoms with van der Waals surface area (Å²) in [5, 5.41) is 17.3. The lowest BCUT2D eigenvalue weighted by molar-refractivity contribution is -0.133. The Morgan fingerprint density at radius 1 is 0.909 bits per heavy atom. The molecule has 1 spiro atoms. The molecule has 4 heterocycles. The molecule has 2 aliphatic heterocycles. The molecule has 3 aromatic rings. The van der Waals surface area contributed by atoms with E-state index in [4.69, 9.17) is 9.47 Å². The number of nitrogens with one attached hydrogen (secondary N) is 3. The molecule has 0 aliphatic carbocycles. The Kier molecular flexibility index (Phi) is 11.0. The van der Waals surface area contributed by atoms with Crippen LogP contribution < -0.4 is 16.0 Å². The molecular weight excluding hydrogens is 564 g/mol. The van der Waals surface area contributed by atoms with Crippen LogP contribution in [0.1, 0.15) is 36.1 Å². The molecule has 3 N–H and O–H groups in total. The van der Waals surface area contributed by atoms with Gasteiger partial charge in [-0.2, -0.15) is 0 Å². The summed E-state index contributed by atoms with van der Waals surface area (Å²) in [4.78, 5) is 46.2. The minimum absolute atomic E-state index is 0.0402. The van der Waals surface area contributed by atoms with Gasteiger partial charge < -0.3 is 25.4 Å². The molecule has 2 saturated heterocycles. The maximum Gasteiger partial charge on any atom is 0.246 e. The molecule has 2 fully saturated rings. The zero-order chi connectivity index (χ0) is 30.6. The van der Waals surface area contributed by atoms with Gasteiger partial charge in [-0.25, -0.2) is 4.68 Å².